The van der Waals surface area contributed by atoms with Gasteiger partial charge in [0.1, 0.15) is 0 Å². The topological polar surface area (TPSA) is 127 Å². The Morgan fingerprint density at radius 1 is 0.960 bits per heavy atom. The van der Waals surface area contributed by atoms with Gasteiger partial charge in [-0.1, -0.05) is 0 Å². The summed E-state index contributed by atoms with van der Waals surface area (Å²) in [6.07, 6.45) is -3.08. The van der Waals surface area contributed by atoms with E-state index in [-0.39, 0.29) is 12.8 Å². The molecule has 0 spiro atoms. The van der Waals surface area contributed by atoms with Crippen LogP contribution < -0.4 is 0 Å². The highest BCUT2D eigenvalue weighted by Gasteiger charge is 2.70. The van der Waals surface area contributed by atoms with Crippen LogP contribution in [0.15, 0.2) is 0 Å². The Hall–Kier alpha value is -2.24. The minimum Gasteiger partial charge on any atom is -0.469 e. The summed E-state index contributed by atoms with van der Waals surface area (Å²) in [5.41, 5.74) is -1.71. The molecule has 0 aliphatic carbocycles. The first kappa shape index (κ1) is 19.1. The fourth-order valence-electron chi connectivity index (χ4n) is 3.04. The maximum Gasteiger partial charge on any atom is 0.337 e. The Morgan fingerprint density at radius 3 is 2.12 bits per heavy atom. The van der Waals surface area contributed by atoms with E-state index < -0.39 is 47.5 Å². The zero-order chi connectivity index (χ0) is 18.8. The van der Waals surface area contributed by atoms with Gasteiger partial charge < -0.3 is 18.9 Å². The van der Waals surface area contributed by atoms with Crippen molar-refractivity contribution in [3.63, 3.8) is 0 Å². The SMILES string of the molecule is COC(=O)C[C@@H]1[C@H](C(=O)OC)ON2O[C@H](C(=O)OC)C[C@@]12C(=O)OC. The van der Waals surface area contributed by atoms with Gasteiger partial charge in [0.15, 0.2) is 17.7 Å². The smallest absolute Gasteiger partial charge is 0.337 e. The van der Waals surface area contributed by atoms with Gasteiger partial charge in [-0.2, -0.15) is 0 Å². The highest BCUT2D eigenvalue weighted by molar-refractivity contribution is 5.88. The van der Waals surface area contributed by atoms with Gasteiger partial charge in [-0.25, -0.2) is 14.4 Å². The van der Waals surface area contributed by atoms with Crippen LogP contribution in [0.3, 0.4) is 0 Å². The number of ether oxygens (including phenoxy) is 4. The van der Waals surface area contributed by atoms with Gasteiger partial charge in [-0.15, -0.1) is 0 Å². The molecule has 2 aliphatic heterocycles. The predicted molar refractivity (Wildman–Crippen MR) is 75.1 cm³/mol. The molecule has 0 unspecified atom stereocenters. The predicted octanol–water partition coefficient (Wildman–Crippen LogP) is -1.26. The van der Waals surface area contributed by atoms with Gasteiger partial charge >= 0.3 is 23.9 Å². The first-order chi connectivity index (χ1) is 11.8. The summed E-state index contributed by atoms with van der Waals surface area (Å²) >= 11 is 0. The molecule has 140 valence electrons. The van der Waals surface area contributed by atoms with E-state index in [0.717, 1.165) is 33.7 Å². The van der Waals surface area contributed by atoms with E-state index in [4.69, 9.17) is 14.4 Å². The first-order valence-electron chi connectivity index (χ1n) is 7.30. The van der Waals surface area contributed by atoms with E-state index in [1.807, 2.05) is 0 Å². The molecule has 0 radical (unpaired) electrons. The molecule has 0 bridgehead atoms. The molecule has 11 heteroatoms. The molecule has 4 atom stereocenters. The molecule has 25 heavy (non-hydrogen) atoms. The van der Waals surface area contributed by atoms with Gasteiger partial charge in [0.2, 0.25) is 0 Å². The van der Waals surface area contributed by atoms with Crippen molar-refractivity contribution in [2.45, 2.75) is 30.6 Å². The average molecular weight is 361 g/mol. The minimum atomic E-state index is -1.71. The summed E-state index contributed by atoms with van der Waals surface area (Å²) in [7, 11) is 4.58. The van der Waals surface area contributed by atoms with E-state index in [0.29, 0.717) is 0 Å². The Morgan fingerprint density at radius 2 is 1.60 bits per heavy atom. The zero-order valence-electron chi connectivity index (χ0n) is 14.2. The number of hydroxylamine groups is 2. The number of carbonyl (C=O) groups excluding carboxylic acids is 4. The zero-order valence-corrected chi connectivity index (χ0v) is 14.2. The van der Waals surface area contributed by atoms with Gasteiger partial charge in [0, 0.05) is 12.3 Å². The van der Waals surface area contributed by atoms with Crippen LogP contribution in [0.4, 0.5) is 0 Å². The lowest BCUT2D eigenvalue weighted by atomic mass is 9.76. The molecule has 0 aromatic heterocycles. The third kappa shape index (κ3) is 3.05. The lowest BCUT2D eigenvalue weighted by molar-refractivity contribution is -0.362. The summed E-state index contributed by atoms with van der Waals surface area (Å²) in [4.78, 5) is 58.8. The minimum absolute atomic E-state index is 0.235. The van der Waals surface area contributed by atoms with E-state index in [9.17, 15) is 19.2 Å². The number of carbonyl (C=O) groups is 4. The molecule has 2 fully saturated rings. The normalized spacial score (nSPS) is 31.1. The van der Waals surface area contributed by atoms with Crippen LogP contribution in [0.1, 0.15) is 12.8 Å². The lowest BCUT2D eigenvalue weighted by Crippen LogP contribution is -2.52. The van der Waals surface area contributed by atoms with Crippen LogP contribution in [-0.2, 0) is 47.8 Å². The van der Waals surface area contributed by atoms with Crippen LogP contribution in [-0.4, -0.2) is 75.3 Å². The van der Waals surface area contributed by atoms with Crippen molar-refractivity contribution in [2.24, 2.45) is 5.92 Å². The van der Waals surface area contributed by atoms with Crippen molar-refractivity contribution in [2.75, 3.05) is 28.4 Å². The highest BCUT2D eigenvalue weighted by atomic mass is 17.0. The first-order valence-corrected chi connectivity index (χ1v) is 7.30. The van der Waals surface area contributed by atoms with Crippen molar-refractivity contribution < 1.29 is 47.8 Å². The fraction of sp³-hybridized carbons (Fsp3) is 0.714. The second-order valence-electron chi connectivity index (χ2n) is 5.43. The second kappa shape index (κ2) is 7.33. The summed E-state index contributed by atoms with van der Waals surface area (Å²) < 4.78 is 18.7. The molecule has 2 saturated heterocycles. The van der Waals surface area contributed by atoms with Crippen molar-refractivity contribution >= 4 is 23.9 Å². The van der Waals surface area contributed by atoms with Crippen LogP contribution in [0.5, 0.6) is 0 Å². The second-order valence-corrected chi connectivity index (χ2v) is 5.43. The molecule has 11 nitrogen and oxygen atoms in total. The van der Waals surface area contributed by atoms with Crippen LogP contribution in [0.2, 0.25) is 0 Å². The van der Waals surface area contributed by atoms with Crippen molar-refractivity contribution in [1.29, 1.82) is 0 Å². The highest BCUT2D eigenvalue weighted by Crippen LogP contribution is 2.49. The molecule has 0 aromatic carbocycles. The number of esters is 4. The summed E-state index contributed by atoms with van der Waals surface area (Å²) in [5, 5.41) is 0.732. The number of nitrogens with zero attached hydrogens (tertiary/aromatic N) is 1. The van der Waals surface area contributed by atoms with Gasteiger partial charge in [0.05, 0.1) is 34.9 Å². The lowest BCUT2D eigenvalue weighted by Gasteiger charge is -2.29. The van der Waals surface area contributed by atoms with Gasteiger partial charge in [-0.05, 0) is 5.23 Å². The van der Waals surface area contributed by atoms with Crippen molar-refractivity contribution in [3.8, 4) is 0 Å². The Bertz CT molecular complexity index is 578. The molecule has 2 heterocycles. The maximum absolute atomic E-state index is 12.5. The van der Waals surface area contributed by atoms with E-state index >= 15 is 0 Å². The third-order valence-electron chi connectivity index (χ3n) is 4.28. The molecule has 2 aliphatic rings. The third-order valence-corrected chi connectivity index (χ3v) is 4.28. The van der Waals surface area contributed by atoms with Crippen molar-refractivity contribution in [3.05, 3.63) is 0 Å². The van der Waals surface area contributed by atoms with E-state index in [1.165, 1.54) is 0 Å². The Labute approximate surface area is 142 Å². The number of hydrogen-bond acceptors (Lipinski definition) is 11. The molecular formula is C14H19NO10. The molecule has 0 aromatic rings. The summed E-state index contributed by atoms with van der Waals surface area (Å²) in [5.74, 6) is -4.14. The summed E-state index contributed by atoms with van der Waals surface area (Å²) in [6.45, 7) is 0. The Balaban J connectivity index is 2.45. The quantitative estimate of drug-likeness (QED) is 0.430. The molecular weight excluding hydrogens is 342 g/mol. The number of rotatable bonds is 5. The largest absolute Gasteiger partial charge is 0.469 e. The van der Waals surface area contributed by atoms with Crippen molar-refractivity contribution in [1.82, 2.24) is 5.23 Å². The Kier molecular flexibility index (Phi) is 5.60. The van der Waals surface area contributed by atoms with Crippen LogP contribution in [0, 0.1) is 5.92 Å². The van der Waals surface area contributed by atoms with E-state index in [1.54, 1.807) is 0 Å². The molecule has 0 saturated carbocycles. The fourth-order valence-corrected chi connectivity index (χ4v) is 3.04. The standard InChI is InChI=1S/C14H19NO10/c1-20-9(16)5-7-10(12(18)22-3)25-15-14(7,13(19)23-4)6-8(24-15)11(17)21-2/h7-8,10H,5-6H2,1-4H3/t7-,8+,10-,14+/m1/s1. The number of fused-ring (bicyclic) bond motifs is 1. The number of hydrogen-bond donors (Lipinski definition) is 0. The maximum atomic E-state index is 12.5. The summed E-state index contributed by atoms with van der Waals surface area (Å²) in [6, 6.07) is 0. The van der Waals surface area contributed by atoms with Gasteiger partial charge in [0.25, 0.3) is 0 Å². The number of methoxy groups -OCH3 is 4. The molecule has 0 N–H and O–H groups in total. The van der Waals surface area contributed by atoms with Gasteiger partial charge in [-0.3, -0.25) is 14.5 Å². The molecule has 2 rings (SSSR count). The van der Waals surface area contributed by atoms with E-state index in [2.05, 4.69) is 14.2 Å². The van der Waals surface area contributed by atoms with Crippen LogP contribution >= 0.6 is 0 Å². The monoisotopic (exact) mass is 361 g/mol. The molecule has 0 amide bonds. The average Bonchev–Trinajstić information content (AvgIpc) is 3.14. The van der Waals surface area contributed by atoms with Crippen LogP contribution in [0.25, 0.3) is 0 Å².